The molecule has 0 fully saturated rings. The van der Waals surface area contributed by atoms with Crippen LogP contribution in [0.15, 0.2) is 24.3 Å². The number of para-hydroxylation sites is 2. The Kier molecular flexibility index (Phi) is 4.34. The zero-order valence-corrected chi connectivity index (χ0v) is 10.2. The van der Waals surface area contributed by atoms with Gasteiger partial charge in [0.15, 0.2) is 11.5 Å². The number of carboxylic acids is 1. The highest BCUT2D eigenvalue weighted by Crippen LogP contribution is 2.26. The lowest BCUT2D eigenvalue weighted by atomic mass is 10.1. The zero-order valence-electron chi connectivity index (χ0n) is 10.2. The van der Waals surface area contributed by atoms with Crippen molar-refractivity contribution in [1.82, 2.24) is 5.32 Å². The average Bonchev–Trinajstić information content (AvgIpc) is 2.36. The van der Waals surface area contributed by atoms with E-state index in [1.807, 2.05) is 6.07 Å². The van der Waals surface area contributed by atoms with Crippen LogP contribution < -0.4 is 14.8 Å². The first-order valence-corrected chi connectivity index (χ1v) is 5.21. The molecule has 0 heterocycles. The summed E-state index contributed by atoms with van der Waals surface area (Å²) in [6.07, 6.45) is 0. The van der Waals surface area contributed by atoms with Gasteiger partial charge in [-0.05, 0) is 26.1 Å². The highest BCUT2D eigenvalue weighted by molar-refractivity contribution is 5.78. The monoisotopic (exact) mass is 239 g/mol. The Bertz CT molecular complexity index is 394. The van der Waals surface area contributed by atoms with Gasteiger partial charge in [0.1, 0.15) is 12.1 Å². The molecule has 0 saturated carbocycles. The number of methoxy groups -OCH3 is 1. The molecule has 5 heteroatoms. The quantitative estimate of drug-likeness (QED) is 0.779. The molecule has 0 aliphatic carbocycles. The van der Waals surface area contributed by atoms with Crippen LogP contribution in [0.4, 0.5) is 0 Å². The fraction of sp³-hybridized carbons (Fsp3) is 0.417. The van der Waals surface area contributed by atoms with Crippen molar-refractivity contribution in [1.29, 1.82) is 0 Å². The largest absolute Gasteiger partial charge is 0.493 e. The van der Waals surface area contributed by atoms with Crippen molar-refractivity contribution < 1.29 is 19.4 Å². The highest BCUT2D eigenvalue weighted by Gasteiger charge is 2.32. The number of hydrogen-bond donors (Lipinski definition) is 2. The first-order valence-electron chi connectivity index (χ1n) is 5.21. The number of rotatable bonds is 6. The number of carboxylic acid groups (broad SMARTS) is 1. The molecule has 2 N–H and O–H groups in total. The summed E-state index contributed by atoms with van der Waals surface area (Å²) in [4.78, 5) is 11.1. The second-order valence-corrected chi connectivity index (χ2v) is 3.83. The van der Waals surface area contributed by atoms with E-state index in [1.54, 1.807) is 32.2 Å². The maximum absolute atomic E-state index is 11.1. The van der Waals surface area contributed by atoms with E-state index in [4.69, 9.17) is 14.6 Å². The van der Waals surface area contributed by atoms with Crippen LogP contribution in [0.5, 0.6) is 11.5 Å². The summed E-state index contributed by atoms with van der Waals surface area (Å²) < 4.78 is 10.6. The third kappa shape index (κ3) is 3.10. The van der Waals surface area contributed by atoms with Crippen molar-refractivity contribution in [2.75, 3.05) is 20.8 Å². The van der Waals surface area contributed by atoms with Crippen LogP contribution in [0, 0.1) is 0 Å². The van der Waals surface area contributed by atoms with Crippen LogP contribution in [0.1, 0.15) is 6.92 Å². The van der Waals surface area contributed by atoms with E-state index in [2.05, 4.69) is 5.32 Å². The predicted octanol–water partition coefficient (Wildman–Crippen LogP) is 1.14. The van der Waals surface area contributed by atoms with Crippen molar-refractivity contribution in [3.05, 3.63) is 24.3 Å². The van der Waals surface area contributed by atoms with E-state index in [1.165, 1.54) is 7.11 Å². The maximum Gasteiger partial charge on any atom is 0.327 e. The van der Waals surface area contributed by atoms with E-state index in [0.717, 1.165) is 0 Å². The topological polar surface area (TPSA) is 67.8 Å². The molecule has 1 unspecified atom stereocenters. The van der Waals surface area contributed by atoms with Gasteiger partial charge in [-0.2, -0.15) is 0 Å². The summed E-state index contributed by atoms with van der Waals surface area (Å²) in [6.45, 7) is 1.57. The Balaban J connectivity index is 2.76. The van der Waals surface area contributed by atoms with Crippen molar-refractivity contribution in [2.24, 2.45) is 0 Å². The van der Waals surface area contributed by atoms with Crippen molar-refractivity contribution in [2.45, 2.75) is 12.5 Å². The number of aliphatic carboxylic acids is 1. The second-order valence-electron chi connectivity index (χ2n) is 3.83. The normalized spacial score (nSPS) is 13.8. The molecule has 5 nitrogen and oxygen atoms in total. The van der Waals surface area contributed by atoms with Gasteiger partial charge in [0.2, 0.25) is 0 Å². The van der Waals surface area contributed by atoms with Gasteiger partial charge >= 0.3 is 5.97 Å². The van der Waals surface area contributed by atoms with E-state index >= 15 is 0 Å². The third-order valence-corrected chi connectivity index (χ3v) is 2.61. The minimum Gasteiger partial charge on any atom is -0.493 e. The van der Waals surface area contributed by atoms with Crippen LogP contribution in [0.3, 0.4) is 0 Å². The number of nitrogens with one attached hydrogen (secondary N) is 1. The molecule has 0 radical (unpaired) electrons. The van der Waals surface area contributed by atoms with Gasteiger partial charge in [-0.3, -0.25) is 4.79 Å². The molecular formula is C12H17NO4. The summed E-state index contributed by atoms with van der Waals surface area (Å²) in [5.41, 5.74) is -1.12. The lowest BCUT2D eigenvalue weighted by Crippen LogP contribution is -2.52. The van der Waals surface area contributed by atoms with Crippen molar-refractivity contribution >= 4 is 5.97 Å². The van der Waals surface area contributed by atoms with Gasteiger partial charge in [0.25, 0.3) is 0 Å². The van der Waals surface area contributed by atoms with Gasteiger partial charge in [-0.1, -0.05) is 12.1 Å². The average molecular weight is 239 g/mol. The first-order chi connectivity index (χ1) is 8.03. The fourth-order valence-electron chi connectivity index (χ4n) is 1.20. The molecule has 17 heavy (non-hydrogen) atoms. The van der Waals surface area contributed by atoms with E-state index in [9.17, 15) is 4.79 Å². The highest BCUT2D eigenvalue weighted by atomic mass is 16.5. The Morgan fingerprint density at radius 1 is 1.41 bits per heavy atom. The molecule has 0 saturated heterocycles. The number of carbonyl (C=O) groups is 1. The fourth-order valence-corrected chi connectivity index (χ4v) is 1.20. The summed E-state index contributed by atoms with van der Waals surface area (Å²) in [5.74, 6) is 0.143. The maximum atomic E-state index is 11.1. The number of benzene rings is 1. The molecule has 1 aromatic carbocycles. The molecule has 0 aliphatic rings. The summed E-state index contributed by atoms with van der Waals surface area (Å²) in [5, 5.41) is 11.8. The van der Waals surface area contributed by atoms with Gasteiger partial charge in [-0.15, -0.1) is 0 Å². The van der Waals surface area contributed by atoms with E-state index < -0.39 is 11.5 Å². The summed E-state index contributed by atoms with van der Waals surface area (Å²) >= 11 is 0. The SMILES string of the molecule is CNC(C)(COc1ccccc1OC)C(=O)O. The lowest BCUT2D eigenvalue weighted by Gasteiger charge is -2.24. The molecule has 0 aromatic heterocycles. The minimum absolute atomic E-state index is 0.0131. The van der Waals surface area contributed by atoms with Gasteiger partial charge in [0, 0.05) is 0 Å². The van der Waals surface area contributed by atoms with E-state index in [-0.39, 0.29) is 6.61 Å². The van der Waals surface area contributed by atoms with Crippen molar-refractivity contribution in [3.63, 3.8) is 0 Å². The smallest absolute Gasteiger partial charge is 0.327 e. The molecule has 0 amide bonds. The molecule has 1 rings (SSSR count). The van der Waals surface area contributed by atoms with Gasteiger partial charge in [-0.25, -0.2) is 0 Å². The summed E-state index contributed by atoms with van der Waals surface area (Å²) in [7, 11) is 3.12. The van der Waals surface area contributed by atoms with Crippen LogP contribution in [0.2, 0.25) is 0 Å². The Morgan fingerprint density at radius 3 is 2.47 bits per heavy atom. The first kappa shape index (κ1) is 13.3. The molecule has 0 bridgehead atoms. The number of likely N-dealkylation sites (N-methyl/N-ethyl adjacent to an activating group) is 1. The molecule has 1 aromatic rings. The van der Waals surface area contributed by atoms with Gasteiger partial charge in [0.05, 0.1) is 7.11 Å². The number of ether oxygens (including phenoxy) is 2. The minimum atomic E-state index is -1.12. The Labute approximate surface area is 100 Å². The molecular weight excluding hydrogens is 222 g/mol. The Hall–Kier alpha value is -1.75. The van der Waals surface area contributed by atoms with Crippen LogP contribution >= 0.6 is 0 Å². The van der Waals surface area contributed by atoms with Gasteiger partial charge < -0.3 is 19.9 Å². The molecule has 0 spiro atoms. The third-order valence-electron chi connectivity index (χ3n) is 2.61. The van der Waals surface area contributed by atoms with E-state index in [0.29, 0.717) is 11.5 Å². The second kappa shape index (κ2) is 5.54. The predicted molar refractivity (Wildman–Crippen MR) is 63.6 cm³/mol. The standard InChI is InChI=1S/C12H17NO4/c1-12(13-2,11(14)15)8-17-10-7-5-4-6-9(10)16-3/h4-7,13H,8H2,1-3H3,(H,14,15). The summed E-state index contributed by atoms with van der Waals surface area (Å²) in [6, 6.07) is 7.11. The lowest BCUT2D eigenvalue weighted by molar-refractivity contribution is -0.145. The Morgan fingerprint density at radius 2 is 2.00 bits per heavy atom. The van der Waals surface area contributed by atoms with Crippen LogP contribution in [-0.4, -0.2) is 37.4 Å². The molecule has 1 atom stereocenters. The van der Waals surface area contributed by atoms with Crippen LogP contribution in [0.25, 0.3) is 0 Å². The van der Waals surface area contributed by atoms with Crippen LogP contribution in [-0.2, 0) is 4.79 Å². The zero-order chi connectivity index (χ0) is 12.9. The molecule has 0 aliphatic heterocycles. The number of hydrogen-bond acceptors (Lipinski definition) is 4. The molecule has 94 valence electrons. The van der Waals surface area contributed by atoms with Crippen molar-refractivity contribution in [3.8, 4) is 11.5 Å².